The van der Waals surface area contributed by atoms with Crippen LogP contribution in [0, 0.1) is 5.92 Å². The van der Waals surface area contributed by atoms with Crippen molar-refractivity contribution in [3.63, 3.8) is 0 Å². The summed E-state index contributed by atoms with van der Waals surface area (Å²) >= 11 is 0. The van der Waals surface area contributed by atoms with Gasteiger partial charge in [0, 0.05) is 0 Å². The Labute approximate surface area is 73.3 Å². The maximum absolute atomic E-state index is 10.6. The summed E-state index contributed by atoms with van der Waals surface area (Å²) < 4.78 is 4.32. The minimum atomic E-state index is -0.573. The molecule has 0 aliphatic rings. The Morgan fingerprint density at radius 2 is 2.00 bits per heavy atom. The van der Waals surface area contributed by atoms with E-state index >= 15 is 0 Å². The van der Waals surface area contributed by atoms with Gasteiger partial charge in [-0.3, -0.25) is 0 Å². The van der Waals surface area contributed by atoms with Gasteiger partial charge < -0.3 is 14.8 Å². The first-order valence-corrected chi connectivity index (χ1v) is 3.41. The molecular weight excluding hydrogens is 158 g/mol. The number of aldehydes is 1. The second-order valence-electron chi connectivity index (χ2n) is 2.54. The van der Waals surface area contributed by atoms with Gasteiger partial charge in [-0.05, 0) is 5.92 Å². The summed E-state index contributed by atoms with van der Waals surface area (Å²) in [6.45, 7) is 3.68. The van der Waals surface area contributed by atoms with Crippen LogP contribution in [-0.4, -0.2) is 25.5 Å². The molecule has 0 aliphatic carbocycles. The number of carbonyl (C=O) groups is 2. The lowest BCUT2D eigenvalue weighted by atomic mass is 10.1. The van der Waals surface area contributed by atoms with E-state index in [0.717, 1.165) is 0 Å². The predicted octanol–water partition coefficient (Wildman–Crippen LogP) is 1.20. The first-order chi connectivity index (χ1) is 5.11. The van der Waals surface area contributed by atoms with Crippen LogP contribution in [0.5, 0.6) is 0 Å². The Hall–Kier alpha value is -1.06. The van der Waals surface area contributed by atoms with Crippen molar-refractivity contribution in [2.24, 2.45) is 5.92 Å². The molecule has 0 heterocycles. The minimum Gasteiger partial charge on any atom is -0.453 e. The maximum Gasteiger partial charge on any atom is 0.407 e. The molecule has 0 saturated carbocycles. The van der Waals surface area contributed by atoms with Gasteiger partial charge in [0.2, 0.25) is 0 Å². The lowest BCUT2D eigenvalue weighted by Crippen LogP contribution is -2.39. The van der Waals surface area contributed by atoms with E-state index in [0.29, 0.717) is 6.29 Å². The molecule has 4 nitrogen and oxygen atoms in total. The number of amides is 1. The van der Waals surface area contributed by atoms with Gasteiger partial charge in [-0.15, -0.1) is 0 Å². The van der Waals surface area contributed by atoms with E-state index in [1.54, 1.807) is 0 Å². The normalized spacial score (nSPS) is 11.3. The number of hydrogen-bond donors (Lipinski definition) is 1. The third-order valence-corrected chi connectivity index (χ3v) is 1.33. The highest BCUT2D eigenvalue weighted by Crippen LogP contribution is 1.97. The highest BCUT2D eigenvalue weighted by atomic mass is 16.5. The highest BCUT2D eigenvalue weighted by Gasteiger charge is 2.14. The van der Waals surface area contributed by atoms with E-state index in [2.05, 4.69) is 10.1 Å². The fourth-order valence-electron chi connectivity index (χ4n) is 0.553. The van der Waals surface area contributed by atoms with Crippen LogP contribution in [-0.2, 0) is 9.53 Å². The zero-order valence-corrected chi connectivity index (χ0v) is 6.96. The third-order valence-electron chi connectivity index (χ3n) is 1.33. The molecule has 12 heavy (non-hydrogen) atoms. The molecule has 72 valence electrons. The van der Waals surface area contributed by atoms with Gasteiger partial charge in [0.05, 0.1) is 13.2 Å². The molecule has 0 aromatic carbocycles. The lowest BCUT2D eigenvalue weighted by molar-refractivity contribution is -0.110. The maximum atomic E-state index is 10.6. The lowest BCUT2D eigenvalue weighted by Gasteiger charge is -2.14. The summed E-state index contributed by atoms with van der Waals surface area (Å²) in [4.78, 5) is 20.9. The molecule has 0 radical (unpaired) electrons. The van der Waals surface area contributed by atoms with Gasteiger partial charge in [-0.25, -0.2) is 4.79 Å². The largest absolute Gasteiger partial charge is 0.453 e. The first kappa shape index (κ1) is 13.5. The highest BCUT2D eigenvalue weighted by molar-refractivity contribution is 5.73. The van der Waals surface area contributed by atoms with Gasteiger partial charge in [-0.2, -0.15) is 0 Å². The molecule has 4 heteroatoms. The average molecular weight is 175 g/mol. The van der Waals surface area contributed by atoms with E-state index in [4.69, 9.17) is 0 Å². The van der Waals surface area contributed by atoms with Crippen molar-refractivity contribution in [1.29, 1.82) is 0 Å². The fraction of sp³-hybridized carbons (Fsp3) is 0.750. The summed E-state index contributed by atoms with van der Waals surface area (Å²) in [6, 6.07) is -0.456. The van der Waals surface area contributed by atoms with E-state index in [1.807, 2.05) is 13.8 Å². The molecule has 0 aliphatic heterocycles. The third kappa shape index (κ3) is 4.71. The van der Waals surface area contributed by atoms with Crippen molar-refractivity contribution in [3.05, 3.63) is 0 Å². The van der Waals surface area contributed by atoms with Crippen molar-refractivity contribution in [2.45, 2.75) is 27.3 Å². The van der Waals surface area contributed by atoms with Crippen molar-refractivity contribution < 1.29 is 14.3 Å². The smallest absolute Gasteiger partial charge is 0.407 e. The summed E-state index contributed by atoms with van der Waals surface area (Å²) in [6.07, 6.45) is 0.123. The molecular formula is C8H17NO3. The number of methoxy groups -OCH3 is 1. The Bertz CT molecular complexity index is 145. The number of hydrogen-bond acceptors (Lipinski definition) is 3. The van der Waals surface area contributed by atoms with Crippen LogP contribution < -0.4 is 5.32 Å². The predicted molar refractivity (Wildman–Crippen MR) is 47.0 cm³/mol. The van der Waals surface area contributed by atoms with Crippen molar-refractivity contribution >= 4 is 12.4 Å². The second kappa shape index (κ2) is 6.64. The van der Waals surface area contributed by atoms with Crippen molar-refractivity contribution in [1.82, 2.24) is 5.32 Å². The van der Waals surface area contributed by atoms with Crippen molar-refractivity contribution in [3.8, 4) is 0 Å². The zero-order valence-electron chi connectivity index (χ0n) is 6.96. The van der Waals surface area contributed by atoms with Crippen LogP contribution >= 0.6 is 0 Å². The summed E-state index contributed by atoms with van der Waals surface area (Å²) in [7, 11) is 1.26. The SMILES string of the molecule is C.COC(=O)NC(C=O)C(C)C. The van der Waals surface area contributed by atoms with Crippen LogP contribution in [0.4, 0.5) is 4.79 Å². The molecule has 0 saturated heterocycles. The Morgan fingerprint density at radius 3 is 2.25 bits per heavy atom. The number of rotatable bonds is 3. The standard InChI is InChI=1S/C7H13NO3.CH4/c1-5(2)6(4-9)8-7(10)11-3;/h4-6H,1-3H3,(H,8,10);1H4. The van der Waals surface area contributed by atoms with Gasteiger partial charge in [0.15, 0.2) is 0 Å². The molecule has 0 aromatic heterocycles. The van der Waals surface area contributed by atoms with Crippen LogP contribution in [0.3, 0.4) is 0 Å². The first-order valence-electron chi connectivity index (χ1n) is 3.41. The monoisotopic (exact) mass is 175 g/mol. The van der Waals surface area contributed by atoms with Gasteiger partial charge in [-0.1, -0.05) is 21.3 Å². The summed E-state index contributed by atoms with van der Waals surface area (Å²) in [5, 5.41) is 2.39. The van der Waals surface area contributed by atoms with E-state index in [-0.39, 0.29) is 13.3 Å². The number of alkyl carbamates (subject to hydrolysis) is 1. The van der Waals surface area contributed by atoms with Gasteiger partial charge in [0.25, 0.3) is 0 Å². The van der Waals surface area contributed by atoms with Crippen LogP contribution in [0.2, 0.25) is 0 Å². The molecule has 0 bridgehead atoms. The molecule has 0 rings (SSSR count). The van der Waals surface area contributed by atoms with Crippen LogP contribution in [0.15, 0.2) is 0 Å². The topological polar surface area (TPSA) is 55.4 Å². The van der Waals surface area contributed by atoms with Crippen molar-refractivity contribution in [2.75, 3.05) is 7.11 Å². The number of nitrogens with one attached hydrogen (secondary N) is 1. The van der Waals surface area contributed by atoms with E-state index in [1.165, 1.54) is 7.11 Å². The molecule has 0 aromatic rings. The Balaban J connectivity index is 0. The van der Waals surface area contributed by atoms with Gasteiger partial charge in [0.1, 0.15) is 6.29 Å². The Morgan fingerprint density at radius 1 is 1.50 bits per heavy atom. The molecule has 1 N–H and O–H groups in total. The molecule has 1 unspecified atom stereocenters. The summed E-state index contributed by atoms with van der Waals surface area (Å²) in [5.41, 5.74) is 0. The van der Waals surface area contributed by atoms with Gasteiger partial charge >= 0.3 is 6.09 Å². The molecule has 1 atom stereocenters. The fourth-order valence-corrected chi connectivity index (χ4v) is 0.553. The molecule has 0 spiro atoms. The number of carbonyl (C=O) groups excluding carboxylic acids is 2. The average Bonchev–Trinajstić information content (AvgIpc) is 1.99. The second-order valence-corrected chi connectivity index (χ2v) is 2.54. The van der Waals surface area contributed by atoms with Crippen LogP contribution in [0.25, 0.3) is 0 Å². The minimum absolute atomic E-state index is 0. The Kier molecular flexibility index (Phi) is 7.48. The van der Waals surface area contributed by atoms with E-state index in [9.17, 15) is 9.59 Å². The summed E-state index contributed by atoms with van der Waals surface area (Å²) in [5.74, 6) is 0.0894. The quantitative estimate of drug-likeness (QED) is 0.656. The molecule has 1 amide bonds. The van der Waals surface area contributed by atoms with Crippen LogP contribution in [0.1, 0.15) is 21.3 Å². The molecule has 0 fully saturated rings. The zero-order chi connectivity index (χ0) is 8.85. The van der Waals surface area contributed by atoms with E-state index < -0.39 is 12.1 Å². The number of ether oxygens (including phenoxy) is 1.